The number of nitrogens with zero attached hydrogens (tertiary/aromatic N) is 4. The number of fused-ring (bicyclic) bond motifs is 1. The number of carbonyl (C=O) groups is 3. The molecule has 5 atom stereocenters. The number of hydrogen-bond acceptors (Lipinski definition) is 8. The summed E-state index contributed by atoms with van der Waals surface area (Å²) >= 11 is 1.13. The first-order valence-corrected chi connectivity index (χ1v) is 13.4. The maximum Gasteiger partial charge on any atom is 0.261 e. The predicted molar refractivity (Wildman–Crippen MR) is 146 cm³/mol. The number of benzene rings is 3. The lowest BCUT2D eigenvalue weighted by Gasteiger charge is -2.55. The molecule has 3 aromatic rings. The fourth-order valence-electron chi connectivity index (χ4n) is 5.42. The zero-order valence-electron chi connectivity index (χ0n) is 21.5. The highest BCUT2D eigenvalue weighted by Gasteiger charge is 2.67. The summed E-state index contributed by atoms with van der Waals surface area (Å²) in [6.07, 6.45) is -1.83. The van der Waals surface area contributed by atoms with Crippen LogP contribution in [0.3, 0.4) is 0 Å². The molecule has 0 aliphatic carbocycles. The quantitative estimate of drug-likeness (QED) is 0.185. The highest BCUT2D eigenvalue weighted by Crippen LogP contribution is 2.47. The van der Waals surface area contributed by atoms with Crippen molar-refractivity contribution in [3.05, 3.63) is 112 Å². The molecule has 0 aromatic heterocycles. The maximum absolute atomic E-state index is 13.3. The van der Waals surface area contributed by atoms with Crippen LogP contribution in [-0.4, -0.2) is 68.0 Å². The van der Waals surface area contributed by atoms with Crippen LogP contribution in [0.2, 0.25) is 0 Å². The lowest BCUT2D eigenvalue weighted by molar-refractivity contribution is -0.256. The van der Waals surface area contributed by atoms with Crippen LogP contribution in [0.4, 0.5) is 0 Å². The largest absolute Gasteiger partial charge is 0.385 e. The molecule has 10 nitrogen and oxygen atoms in total. The van der Waals surface area contributed by atoms with Crippen molar-refractivity contribution < 1.29 is 29.3 Å². The Morgan fingerprint density at radius 3 is 2.08 bits per heavy atom. The second-order valence-electron chi connectivity index (χ2n) is 9.75. The van der Waals surface area contributed by atoms with Crippen LogP contribution >= 0.6 is 11.8 Å². The van der Waals surface area contributed by atoms with E-state index in [-0.39, 0.29) is 17.5 Å². The lowest BCUT2D eigenvalue weighted by Crippen LogP contribution is -2.77. The van der Waals surface area contributed by atoms with E-state index in [4.69, 9.17) is 4.74 Å². The Hall–Kier alpha value is -3.99. The Morgan fingerprint density at radius 2 is 1.52 bits per heavy atom. The summed E-state index contributed by atoms with van der Waals surface area (Å²) in [7, 11) is 0. The van der Waals surface area contributed by atoms with Gasteiger partial charge in [0.05, 0.1) is 17.7 Å². The minimum absolute atomic E-state index is 0.191. The van der Waals surface area contributed by atoms with E-state index in [1.54, 1.807) is 66.7 Å². The molecule has 1 saturated heterocycles. The van der Waals surface area contributed by atoms with E-state index in [0.717, 1.165) is 23.6 Å². The molecular weight excluding hydrogens is 532 g/mol. The molecule has 0 saturated carbocycles. The molecule has 1 fully saturated rings. The van der Waals surface area contributed by atoms with Gasteiger partial charge in [0.15, 0.2) is 11.4 Å². The van der Waals surface area contributed by atoms with Gasteiger partial charge in [-0.3, -0.25) is 19.3 Å². The van der Waals surface area contributed by atoms with Crippen LogP contribution in [0.5, 0.6) is 0 Å². The van der Waals surface area contributed by atoms with Crippen molar-refractivity contribution in [3.63, 3.8) is 0 Å². The molecule has 2 N–H and O–H groups in total. The number of Topliss-reactive ketones (excluding diaryl/α,β-unsaturated/α-hetero) is 1. The van der Waals surface area contributed by atoms with Crippen LogP contribution < -0.4 is 0 Å². The van der Waals surface area contributed by atoms with Crippen molar-refractivity contribution in [2.24, 2.45) is 5.11 Å². The van der Waals surface area contributed by atoms with Gasteiger partial charge in [0.2, 0.25) is 0 Å². The molecule has 11 heteroatoms. The van der Waals surface area contributed by atoms with E-state index in [1.165, 1.54) is 12.1 Å². The van der Waals surface area contributed by atoms with Crippen LogP contribution in [0.25, 0.3) is 10.4 Å². The molecule has 0 radical (unpaired) electrons. The molecule has 2 aliphatic heterocycles. The van der Waals surface area contributed by atoms with Crippen molar-refractivity contribution in [3.8, 4) is 0 Å². The molecule has 5 rings (SSSR count). The Balaban J connectivity index is 1.62. The highest BCUT2D eigenvalue weighted by atomic mass is 32.2. The fraction of sp³-hybridized carbons (Fsp3) is 0.276. The number of rotatable bonds is 8. The van der Waals surface area contributed by atoms with E-state index >= 15 is 0 Å². The normalized spacial score (nSPS) is 27.7. The number of carbonyl (C=O) groups excluding carboxylic acids is 3. The highest BCUT2D eigenvalue weighted by molar-refractivity contribution is 7.99. The molecule has 0 bridgehead atoms. The number of imide groups is 1. The summed E-state index contributed by atoms with van der Waals surface area (Å²) in [6.45, 7) is 0.570. The summed E-state index contributed by atoms with van der Waals surface area (Å²) in [5, 5.41) is 28.4. The molecular formula is C29H26N4O6S. The van der Waals surface area contributed by atoms with Crippen molar-refractivity contribution in [2.75, 3.05) is 6.54 Å². The van der Waals surface area contributed by atoms with Crippen LogP contribution in [0, 0.1) is 0 Å². The maximum atomic E-state index is 13.3. The Kier molecular flexibility index (Phi) is 7.50. The minimum atomic E-state index is -2.66. The van der Waals surface area contributed by atoms with Gasteiger partial charge in [-0.1, -0.05) is 77.5 Å². The van der Waals surface area contributed by atoms with Gasteiger partial charge in [0, 0.05) is 16.2 Å². The van der Waals surface area contributed by atoms with Crippen molar-refractivity contribution in [2.45, 2.75) is 47.0 Å². The molecule has 3 aromatic carbocycles. The molecule has 2 amide bonds. The average Bonchev–Trinajstić information content (AvgIpc) is 3.19. The molecule has 0 unspecified atom stereocenters. The standard InChI is InChI=1S/C29H26N4O6S/c1-18(34)29(38)23(17-33-25(35)21-14-8-9-15-22(21)26(33)36)39-27(40-20-12-6-3-7-13-20)24(31-32-30)28(29,37)16-19-10-4-2-5-11-19/h2-15,23-24,27,37-38H,16-17H2,1H3/t23-,24-,27+,28-,29-/m1/s1. The summed E-state index contributed by atoms with van der Waals surface area (Å²) in [6, 6.07) is 22.5. The van der Waals surface area contributed by atoms with E-state index in [9.17, 15) is 30.1 Å². The summed E-state index contributed by atoms with van der Waals surface area (Å²) in [5.41, 5.74) is 4.31. The Labute approximate surface area is 234 Å². The third-order valence-corrected chi connectivity index (χ3v) is 8.57. The zero-order valence-corrected chi connectivity index (χ0v) is 22.3. The molecule has 2 aliphatic rings. The summed E-state index contributed by atoms with van der Waals surface area (Å²) in [4.78, 5) is 44.2. The Morgan fingerprint density at radius 1 is 0.975 bits per heavy atom. The molecule has 40 heavy (non-hydrogen) atoms. The zero-order chi connectivity index (χ0) is 28.5. The van der Waals surface area contributed by atoms with Crippen molar-refractivity contribution in [1.82, 2.24) is 4.90 Å². The number of aliphatic hydroxyl groups is 2. The average molecular weight is 559 g/mol. The van der Waals surface area contributed by atoms with Crippen molar-refractivity contribution in [1.29, 1.82) is 0 Å². The lowest BCUT2D eigenvalue weighted by atomic mass is 9.67. The van der Waals surface area contributed by atoms with Crippen LogP contribution in [0.1, 0.15) is 33.2 Å². The van der Waals surface area contributed by atoms with E-state index < -0.39 is 52.9 Å². The molecule has 204 valence electrons. The third kappa shape index (κ3) is 4.57. The third-order valence-electron chi connectivity index (χ3n) is 7.42. The van der Waals surface area contributed by atoms with Gasteiger partial charge in [-0.25, -0.2) is 0 Å². The van der Waals surface area contributed by atoms with Gasteiger partial charge in [-0.05, 0) is 42.3 Å². The minimum Gasteiger partial charge on any atom is -0.385 e. The topological polar surface area (TPSA) is 153 Å². The second kappa shape index (κ2) is 10.9. The van der Waals surface area contributed by atoms with Gasteiger partial charge in [-0.15, -0.1) is 0 Å². The number of hydrogen-bond donors (Lipinski definition) is 2. The first-order chi connectivity index (χ1) is 19.2. The van der Waals surface area contributed by atoms with Crippen LogP contribution in [-0.2, 0) is 16.0 Å². The monoisotopic (exact) mass is 558 g/mol. The van der Waals surface area contributed by atoms with Gasteiger partial charge in [-0.2, -0.15) is 0 Å². The number of ether oxygens (including phenoxy) is 1. The predicted octanol–water partition coefficient (Wildman–Crippen LogP) is 3.77. The first-order valence-electron chi connectivity index (χ1n) is 12.6. The van der Waals surface area contributed by atoms with E-state index in [1.807, 2.05) is 6.07 Å². The summed E-state index contributed by atoms with van der Waals surface area (Å²) < 4.78 is 6.24. The summed E-state index contributed by atoms with van der Waals surface area (Å²) in [5.74, 6) is -2.08. The van der Waals surface area contributed by atoms with Gasteiger partial charge >= 0.3 is 0 Å². The van der Waals surface area contributed by atoms with E-state index in [2.05, 4.69) is 10.0 Å². The van der Waals surface area contributed by atoms with Gasteiger partial charge < -0.3 is 14.9 Å². The number of azide groups is 1. The molecule has 2 heterocycles. The van der Waals surface area contributed by atoms with Gasteiger partial charge in [0.25, 0.3) is 11.8 Å². The second-order valence-corrected chi connectivity index (χ2v) is 10.9. The molecule has 0 spiro atoms. The number of ketones is 1. The van der Waals surface area contributed by atoms with E-state index in [0.29, 0.717) is 10.5 Å². The first kappa shape index (κ1) is 27.6. The smallest absolute Gasteiger partial charge is 0.261 e. The Bertz CT molecular complexity index is 1460. The number of amides is 2. The SMILES string of the molecule is CC(=O)[C@@]1(O)[C@@H](CN2C(=O)c3ccccc3C2=O)O[C@@H](Sc2ccccc2)[C@@H](N=[N+]=[N-])[C@]1(O)Cc1ccccc1. The van der Waals surface area contributed by atoms with Crippen LogP contribution in [0.15, 0.2) is 94.9 Å². The fourth-order valence-corrected chi connectivity index (χ4v) is 6.60. The number of thioether (sulfide) groups is 1. The van der Waals surface area contributed by atoms with Crippen molar-refractivity contribution >= 4 is 29.4 Å². The van der Waals surface area contributed by atoms with Gasteiger partial charge in [0.1, 0.15) is 23.2 Å².